The van der Waals surface area contributed by atoms with Gasteiger partial charge in [-0.25, -0.2) is 9.37 Å². The van der Waals surface area contributed by atoms with Crippen LogP contribution in [0.5, 0.6) is 0 Å². The van der Waals surface area contributed by atoms with Crippen LogP contribution >= 0.6 is 11.3 Å². The van der Waals surface area contributed by atoms with Gasteiger partial charge in [-0.1, -0.05) is 0 Å². The molecule has 0 fully saturated rings. The fourth-order valence-electron chi connectivity index (χ4n) is 1.33. The first-order valence-electron chi connectivity index (χ1n) is 4.51. The highest BCUT2D eigenvalue weighted by Gasteiger charge is 2.11. The van der Waals surface area contributed by atoms with E-state index in [0.717, 1.165) is 15.2 Å². The maximum atomic E-state index is 12.9. The van der Waals surface area contributed by atoms with Crippen LogP contribution in [-0.4, -0.2) is 18.7 Å². The minimum Gasteiger partial charge on any atom is -0.383 e. The van der Waals surface area contributed by atoms with Gasteiger partial charge in [0, 0.05) is 7.11 Å². The molecule has 0 aliphatic heterocycles. The van der Waals surface area contributed by atoms with Gasteiger partial charge in [0.05, 0.1) is 22.9 Å². The van der Waals surface area contributed by atoms with Crippen molar-refractivity contribution in [1.29, 1.82) is 0 Å². The first-order valence-corrected chi connectivity index (χ1v) is 5.33. The van der Waals surface area contributed by atoms with E-state index in [1.165, 1.54) is 23.5 Å². The lowest BCUT2D eigenvalue weighted by atomic mass is 10.3. The average molecular weight is 226 g/mol. The summed E-state index contributed by atoms with van der Waals surface area (Å²) in [5, 5.41) is 0.775. The Labute approximate surface area is 90.7 Å². The van der Waals surface area contributed by atoms with Gasteiger partial charge >= 0.3 is 0 Å². The summed E-state index contributed by atoms with van der Waals surface area (Å²) in [5.41, 5.74) is 6.62. The van der Waals surface area contributed by atoms with Crippen LogP contribution in [0.1, 0.15) is 11.0 Å². The minimum absolute atomic E-state index is 0.240. The molecule has 1 atom stereocenters. The molecule has 3 nitrogen and oxygen atoms in total. The highest BCUT2D eigenvalue weighted by atomic mass is 32.1. The van der Waals surface area contributed by atoms with Crippen LogP contribution in [-0.2, 0) is 4.74 Å². The summed E-state index contributed by atoms with van der Waals surface area (Å²) in [6, 6.07) is 4.28. The molecule has 0 aliphatic carbocycles. The Hall–Kier alpha value is -1.04. The quantitative estimate of drug-likeness (QED) is 0.871. The Morgan fingerprint density at radius 1 is 1.60 bits per heavy atom. The number of aromatic nitrogens is 1. The third-order valence-electron chi connectivity index (χ3n) is 2.03. The van der Waals surface area contributed by atoms with E-state index in [1.54, 1.807) is 13.2 Å². The molecule has 2 aromatic rings. The Balaban J connectivity index is 2.38. The van der Waals surface area contributed by atoms with E-state index in [0.29, 0.717) is 6.61 Å². The van der Waals surface area contributed by atoms with Crippen LogP contribution in [0.4, 0.5) is 4.39 Å². The predicted octanol–water partition coefficient (Wildman–Crippen LogP) is 2.08. The van der Waals surface area contributed by atoms with Crippen molar-refractivity contribution in [2.45, 2.75) is 6.04 Å². The standard InChI is InChI=1S/C10H11FN2OS/c1-14-5-7(12)10-13-8-3-2-6(11)4-9(8)15-10/h2-4,7H,5,12H2,1H3. The number of hydrogen-bond donors (Lipinski definition) is 1. The highest BCUT2D eigenvalue weighted by molar-refractivity contribution is 7.18. The summed E-state index contributed by atoms with van der Waals surface area (Å²) >= 11 is 1.40. The zero-order chi connectivity index (χ0) is 10.8. The molecule has 15 heavy (non-hydrogen) atoms. The Morgan fingerprint density at radius 2 is 2.40 bits per heavy atom. The normalized spacial score (nSPS) is 13.3. The van der Waals surface area contributed by atoms with E-state index < -0.39 is 0 Å². The molecule has 2 N–H and O–H groups in total. The molecule has 0 saturated carbocycles. The maximum Gasteiger partial charge on any atom is 0.124 e. The predicted molar refractivity (Wildman–Crippen MR) is 58.4 cm³/mol. The van der Waals surface area contributed by atoms with Crippen molar-refractivity contribution in [2.24, 2.45) is 5.73 Å². The number of fused-ring (bicyclic) bond motifs is 1. The first-order chi connectivity index (χ1) is 7.20. The maximum absolute atomic E-state index is 12.9. The number of rotatable bonds is 3. The van der Waals surface area contributed by atoms with E-state index in [2.05, 4.69) is 4.98 Å². The molecule has 1 unspecified atom stereocenters. The molecular weight excluding hydrogens is 215 g/mol. The van der Waals surface area contributed by atoms with Gasteiger partial charge in [-0.2, -0.15) is 0 Å². The summed E-state index contributed by atoms with van der Waals surface area (Å²) in [6.45, 7) is 0.419. The number of thiazole rings is 1. The Bertz CT molecular complexity index is 471. The van der Waals surface area contributed by atoms with Gasteiger partial charge in [0.15, 0.2) is 0 Å². The van der Waals surface area contributed by atoms with Crippen LogP contribution in [0.15, 0.2) is 18.2 Å². The van der Waals surface area contributed by atoms with Gasteiger partial charge in [-0.3, -0.25) is 0 Å². The molecule has 1 heterocycles. The summed E-state index contributed by atoms with van der Waals surface area (Å²) in [6.07, 6.45) is 0. The number of benzene rings is 1. The second-order valence-corrected chi connectivity index (χ2v) is 4.29. The van der Waals surface area contributed by atoms with E-state index in [-0.39, 0.29) is 11.9 Å². The lowest BCUT2D eigenvalue weighted by molar-refractivity contribution is 0.181. The van der Waals surface area contributed by atoms with Crippen molar-refractivity contribution in [1.82, 2.24) is 4.98 Å². The number of nitrogens with zero attached hydrogens (tertiary/aromatic N) is 1. The smallest absolute Gasteiger partial charge is 0.124 e. The largest absolute Gasteiger partial charge is 0.383 e. The molecule has 0 saturated heterocycles. The molecule has 0 spiro atoms. The van der Waals surface area contributed by atoms with E-state index in [9.17, 15) is 4.39 Å². The summed E-state index contributed by atoms with van der Waals surface area (Å²) in [5.74, 6) is -0.252. The molecule has 0 aliphatic rings. The Morgan fingerprint density at radius 3 is 3.13 bits per heavy atom. The SMILES string of the molecule is COCC(N)c1nc2ccc(F)cc2s1. The number of hydrogen-bond acceptors (Lipinski definition) is 4. The number of ether oxygens (including phenoxy) is 1. The lowest BCUT2D eigenvalue weighted by Gasteiger charge is -2.04. The minimum atomic E-state index is -0.252. The van der Waals surface area contributed by atoms with Gasteiger partial charge < -0.3 is 10.5 Å². The number of halogens is 1. The van der Waals surface area contributed by atoms with E-state index >= 15 is 0 Å². The Kier molecular flexibility index (Phi) is 2.95. The molecule has 0 radical (unpaired) electrons. The fraction of sp³-hybridized carbons (Fsp3) is 0.300. The van der Waals surface area contributed by atoms with Gasteiger partial charge in [-0.05, 0) is 18.2 Å². The summed E-state index contributed by atoms with van der Waals surface area (Å²) in [4.78, 5) is 4.32. The van der Waals surface area contributed by atoms with Crippen LogP contribution in [0, 0.1) is 5.82 Å². The fourth-order valence-corrected chi connectivity index (χ4v) is 2.30. The van der Waals surface area contributed by atoms with Crippen LogP contribution in [0.2, 0.25) is 0 Å². The third kappa shape index (κ3) is 2.14. The van der Waals surface area contributed by atoms with Gasteiger partial charge in [-0.15, -0.1) is 11.3 Å². The molecule has 1 aromatic heterocycles. The average Bonchev–Trinajstić information content (AvgIpc) is 2.60. The van der Waals surface area contributed by atoms with Crippen LogP contribution in [0.3, 0.4) is 0 Å². The second-order valence-electron chi connectivity index (χ2n) is 3.23. The zero-order valence-corrected chi connectivity index (χ0v) is 9.05. The molecule has 0 amide bonds. The van der Waals surface area contributed by atoms with Crippen molar-refractivity contribution in [3.63, 3.8) is 0 Å². The highest BCUT2D eigenvalue weighted by Crippen LogP contribution is 2.26. The van der Waals surface area contributed by atoms with Crippen molar-refractivity contribution >= 4 is 21.6 Å². The van der Waals surface area contributed by atoms with E-state index in [1.807, 2.05) is 0 Å². The molecule has 5 heteroatoms. The van der Waals surface area contributed by atoms with Gasteiger partial charge in [0.2, 0.25) is 0 Å². The topological polar surface area (TPSA) is 48.1 Å². The van der Waals surface area contributed by atoms with Crippen molar-refractivity contribution in [2.75, 3.05) is 13.7 Å². The van der Waals surface area contributed by atoms with Crippen molar-refractivity contribution in [3.05, 3.63) is 29.0 Å². The molecule has 0 bridgehead atoms. The number of methoxy groups -OCH3 is 1. The van der Waals surface area contributed by atoms with Crippen LogP contribution < -0.4 is 5.73 Å². The molecular formula is C10H11FN2OS. The van der Waals surface area contributed by atoms with Crippen molar-refractivity contribution < 1.29 is 9.13 Å². The molecule has 2 rings (SSSR count). The monoisotopic (exact) mass is 226 g/mol. The number of nitrogens with two attached hydrogens (primary N) is 1. The molecule has 1 aromatic carbocycles. The van der Waals surface area contributed by atoms with Crippen LogP contribution in [0.25, 0.3) is 10.2 Å². The first kappa shape index (κ1) is 10.5. The molecule has 80 valence electrons. The van der Waals surface area contributed by atoms with Gasteiger partial charge in [0.25, 0.3) is 0 Å². The van der Waals surface area contributed by atoms with Crippen molar-refractivity contribution in [3.8, 4) is 0 Å². The third-order valence-corrected chi connectivity index (χ3v) is 3.18. The van der Waals surface area contributed by atoms with Gasteiger partial charge in [0.1, 0.15) is 10.8 Å². The summed E-state index contributed by atoms with van der Waals surface area (Å²) < 4.78 is 18.7. The van der Waals surface area contributed by atoms with E-state index in [4.69, 9.17) is 10.5 Å². The summed E-state index contributed by atoms with van der Waals surface area (Å²) in [7, 11) is 1.59. The second kappa shape index (κ2) is 4.22. The lowest BCUT2D eigenvalue weighted by Crippen LogP contribution is -2.15. The zero-order valence-electron chi connectivity index (χ0n) is 8.24.